The molecule has 4 aliphatic heterocycles. The van der Waals surface area contributed by atoms with Crippen LogP contribution in [0.25, 0.3) is 0 Å². The van der Waals surface area contributed by atoms with Crippen molar-refractivity contribution >= 4 is 23.8 Å². The predicted molar refractivity (Wildman–Crippen MR) is 146 cm³/mol. The van der Waals surface area contributed by atoms with Crippen molar-refractivity contribution in [3.8, 4) is 0 Å². The number of hydroxylamine groups is 2. The Labute approximate surface area is 236 Å². The molecule has 0 spiro atoms. The van der Waals surface area contributed by atoms with Crippen molar-refractivity contribution in [3.05, 3.63) is 119 Å². The Kier molecular flexibility index (Phi) is 6.98. The number of benzene rings is 3. The van der Waals surface area contributed by atoms with Gasteiger partial charge in [-0.05, 0) is 41.8 Å². The lowest BCUT2D eigenvalue weighted by molar-refractivity contribution is -0.185. The Morgan fingerprint density at radius 3 is 2.15 bits per heavy atom. The number of nitrogens with zero attached hydrogens (tertiary/aromatic N) is 3. The second-order valence-electron chi connectivity index (χ2n) is 10.1. The van der Waals surface area contributed by atoms with Crippen LogP contribution in [0.2, 0.25) is 0 Å². The summed E-state index contributed by atoms with van der Waals surface area (Å²) >= 11 is 0. The van der Waals surface area contributed by atoms with Gasteiger partial charge in [0.1, 0.15) is 24.8 Å². The molecule has 0 unspecified atom stereocenters. The summed E-state index contributed by atoms with van der Waals surface area (Å²) in [6, 6.07) is 25.1. The minimum Gasteiger partial charge on any atom is -0.443 e. The molecule has 7 rings (SSSR count). The van der Waals surface area contributed by atoms with E-state index >= 15 is 0 Å². The van der Waals surface area contributed by atoms with Crippen LogP contribution in [0.15, 0.2) is 103 Å². The highest BCUT2D eigenvalue weighted by Gasteiger charge is 2.63. The molecule has 0 aliphatic carbocycles. The van der Waals surface area contributed by atoms with Gasteiger partial charge in [0.25, 0.3) is 11.8 Å². The van der Waals surface area contributed by atoms with Gasteiger partial charge in [0, 0.05) is 5.56 Å². The van der Waals surface area contributed by atoms with E-state index in [1.807, 2.05) is 67.6 Å². The third-order valence-electron chi connectivity index (χ3n) is 7.37. The Morgan fingerprint density at radius 1 is 0.878 bits per heavy atom. The van der Waals surface area contributed by atoms with Crippen LogP contribution in [-0.2, 0) is 32.2 Å². The van der Waals surface area contributed by atoms with Crippen LogP contribution in [0, 0.1) is 0 Å². The number of hydrogen-bond acceptors (Lipinski definition) is 6. The van der Waals surface area contributed by atoms with Crippen molar-refractivity contribution < 1.29 is 28.8 Å². The third kappa shape index (κ3) is 4.93. The molecular formula is C31H28N4O6. The fourth-order valence-electron chi connectivity index (χ4n) is 5.35. The minimum absolute atomic E-state index is 0.0353. The molecule has 4 aliphatic rings. The Balaban J connectivity index is 1.30. The van der Waals surface area contributed by atoms with Gasteiger partial charge in [0.2, 0.25) is 5.91 Å². The van der Waals surface area contributed by atoms with E-state index < -0.39 is 42.3 Å². The SMILES string of the molecule is CC1=C[C@H]2N(C(=O)c3ccccc3)O[C@H]1[C@@H]1[C@H](NC(=O)Cc3ccccc3)C(=O)N1N2C(=O)OCc1ccccc1. The summed E-state index contributed by atoms with van der Waals surface area (Å²) in [5, 5.41) is 6.29. The van der Waals surface area contributed by atoms with Crippen LogP contribution >= 0.6 is 0 Å². The second kappa shape index (κ2) is 10.9. The number of carbonyl (C=O) groups is 4. The van der Waals surface area contributed by atoms with Crippen LogP contribution in [0.1, 0.15) is 28.4 Å². The zero-order chi connectivity index (χ0) is 28.5. The molecule has 10 heteroatoms. The molecule has 1 N–H and O–H groups in total. The van der Waals surface area contributed by atoms with E-state index in [-0.39, 0.29) is 18.9 Å². The molecule has 41 heavy (non-hydrogen) atoms. The number of fused-ring (bicyclic) bond motifs is 1. The summed E-state index contributed by atoms with van der Waals surface area (Å²) < 4.78 is 5.62. The summed E-state index contributed by atoms with van der Waals surface area (Å²) in [4.78, 5) is 59.9. The number of nitrogens with one attached hydrogen (secondary N) is 1. The lowest BCUT2D eigenvalue weighted by Gasteiger charge is -2.50. The van der Waals surface area contributed by atoms with E-state index in [9.17, 15) is 19.2 Å². The maximum Gasteiger partial charge on any atom is 0.431 e. The number of ether oxygens (including phenoxy) is 1. The summed E-state index contributed by atoms with van der Waals surface area (Å²) in [6.45, 7) is 1.77. The lowest BCUT2D eigenvalue weighted by atomic mass is 9.88. The fraction of sp³-hybridized carbons (Fsp3) is 0.226. The normalized spacial score (nSPS) is 22.7. The van der Waals surface area contributed by atoms with Crippen molar-refractivity contribution in [2.24, 2.45) is 0 Å². The van der Waals surface area contributed by atoms with Crippen LogP contribution in [0.4, 0.5) is 4.79 Å². The van der Waals surface area contributed by atoms with Gasteiger partial charge in [-0.3, -0.25) is 19.2 Å². The number of rotatable bonds is 6. The number of hydrazine groups is 1. The van der Waals surface area contributed by atoms with Crippen LogP contribution in [0.3, 0.4) is 0 Å². The Morgan fingerprint density at radius 2 is 1.49 bits per heavy atom. The predicted octanol–water partition coefficient (Wildman–Crippen LogP) is 3.22. The van der Waals surface area contributed by atoms with Crippen LogP contribution < -0.4 is 5.32 Å². The summed E-state index contributed by atoms with van der Waals surface area (Å²) in [5.74, 6) is -1.32. The van der Waals surface area contributed by atoms with Gasteiger partial charge in [-0.15, -0.1) is 0 Å². The largest absolute Gasteiger partial charge is 0.443 e. The number of hydrogen-bond donors (Lipinski definition) is 1. The van der Waals surface area contributed by atoms with Gasteiger partial charge < -0.3 is 10.1 Å². The van der Waals surface area contributed by atoms with Gasteiger partial charge in [-0.25, -0.2) is 9.80 Å². The van der Waals surface area contributed by atoms with Crippen LogP contribution in [0.5, 0.6) is 0 Å². The molecule has 10 nitrogen and oxygen atoms in total. The first-order valence-electron chi connectivity index (χ1n) is 13.3. The van der Waals surface area contributed by atoms with E-state index in [1.165, 1.54) is 5.01 Å². The average molecular weight is 553 g/mol. The molecule has 4 amide bonds. The minimum atomic E-state index is -1.09. The smallest absolute Gasteiger partial charge is 0.431 e. The highest BCUT2D eigenvalue weighted by molar-refractivity contribution is 5.97. The molecule has 208 valence electrons. The van der Waals surface area contributed by atoms with Crippen LogP contribution in [-0.4, -0.2) is 63.2 Å². The summed E-state index contributed by atoms with van der Waals surface area (Å²) in [5.41, 5.74) is 2.63. The molecule has 4 atom stereocenters. The zero-order valence-corrected chi connectivity index (χ0v) is 22.3. The van der Waals surface area contributed by atoms with Crippen molar-refractivity contribution in [3.63, 3.8) is 0 Å². The highest BCUT2D eigenvalue weighted by Crippen LogP contribution is 2.40. The van der Waals surface area contributed by atoms with E-state index in [1.54, 1.807) is 36.4 Å². The van der Waals surface area contributed by atoms with Crippen molar-refractivity contribution in [1.82, 2.24) is 20.4 Å². The number of amides is 4. The standard InChI is InChI=1S/C31H28N4O6/c1-20-17-25-33(31(39)40-19-22-13-7-3-8-14-22)34-27(28(20)41-35(25)29(37)23-15-9-4-10-16-23)26(30(34)38)32-24(36)18-21-11-5-2-6-12-21/h2-17,25-28H,18-19H2,1H3,(H,32,36)/t25-,26+,27+,28-/m1/s1. The highest BCUT2D eigenvalue weighted by atomic mass is 16.7. The molecule has 2 fully saturated rings. The van der Waals surface area contributed by atoms with Crippen molar-refractivity contribution in [2.75, 3.05) is 0 Å². The molecule has 2 saturated heterocycles. The van der Waals surface area contributed by atoms with E-state index in [2.05, 4.69) is 5.32 Å². The fourth-order valence-corrected chi connectivity index (χ4v) is 5.35. The Hall–Kier alpha value is -4.96. The molecule has 4 heterocycles. The molecule has 0 radical (unpaired) electrons. The first kappa shape index (κ1) is 26.3. The molecule has 0 aromatic heterocycles. The first-order valence-corrected chi connectivity index (χ1v) is 13.3. The van der Waals surface area contributed by atoms with Gasteiger partial charge in [-0.1, -0.05) is 78.9 Å². The second-order valence-corrected chi connectivity index (χ2v) is 10.1. The first-order chi connectivity index (χ1) is 19.9. The van der Waals surface area contributed by atoms with Gasteiger partial charge in [-0.2, -0.15) is 10.1 Å². The van der Waals surface area contributed by atoms with Gasteiger partial charge >= 0.3 is 6.09 Å². The Bertz CT molecular complexity index is 1500. The number of β-lactam (4-membered cyclic amide) rings is 1. The van der Waals surface area contributed by atoms with E-state index in [4.69, 9.17) is 9.57 Å². The third-order valence-corrected chi connectivity index (χ3v) is 7.37. The van der Waals surface area contributed by atoms with Gasteiger partial charge in [0.05, 0.1) is 6.42 Å². The zero-order valence-electron chi connectivity index (χ0n) is 22.3. The molecule has 3 aromatic rings. The van der Waals surface area contributed by atoms with Crippen molar-refractivity contribution in [2.45, 2.75) is 44.3 Å². The maximum absolute atomic E-state index is 13.6. The van der Waals surface area contributed by atoms with E-state index in [0.29, 0.717) is 5.56 Å². The quantitative estimate of drug-likeness (QED) is 0.372. The maximum atomic E-state index is 13.6. The molecule has 2 bridgehead atoms. The topological polar surface area (TPSA) is 108 Å². The number of carbonyl (C=O) groups excluding carboxylic acids is 4. The average Bonchev–Trinajstić information content (AvgIpc) is 3.20. The van der Waals surface area contributed by atoms with E-state index in [0.717, 1.165) is 26.8 Å². The molecule has 3 aromatic carbocycles. The summed E-state index contributed by atoms with van der Waals surface area (Å²) in [6.07, 6.45) is -0.898. The monoisotopic (exact) mass is 552 g/mol. The lowest BCUT2D eigenvalue weighted by Crippen LogP contribution is -2.78. The van der Waals surface area contributed by atoms with Gasteiger partial charge in [0.15, 0.2) is 6.17 Å². The molecular weight excluding hydrogens is 524 g/mol. The van der Waals surface area contributed by atoms with Crippen molar-refractivity contribution in [1.29, 1.82) is 0 Å². The molecule has 0 saturated carbocycles. The summed E-state index contributed by atoms with van der Waals surface area (Å²) in [7, 11) is 0.